The van der Waals surface area contributed by atoms with Crippen molar-refractivity contribution in [3.8, 4) is 0 Å². The standard InChI is InChI=1S/C22H31N5O3/c1-25-8-5-18(14-30-15-19-4-3-7-23-13-19)12-22(25)16-26(17-22)21(28)20-6-9-27(24-20)10-11-29-2/h3-4,6-7,9,13,18H,5,8,10-12,14-17H2,1-2H3/t18-/m1/s1. The molecular formula is C22H31N5O3. The van der Waals surface area contributed by atoms with Crippen LogP contribution in [0.3, 0.4) is 0 Å². The van der Waals surface area contributed by atoms with E-state index in [1.54, 1.807) is 24.1 Å². The van der Waals surface area contributed by atoms with Gasteiger partial charge in [-0.1, -0.05) is 6.07 Å². The van der Waals surface area contributed by atoms with Gasteiger partial charge in [0.2, 0.25) is 0 Å². The summed E-state index contributed by atoms with van der Waals surface area (Å²) in [5, 5.41) is 4.39. The molecule has 4 heterocycles. The van der Waals surface area contributed by atoms with Gasteiger partial charge in [-0.25, -0.2) is 0 Å². The summed E-state index contributed by atoms with van der Waals surface area (Å²) in [7, 11) is 3.83. The molecule has 162 valence electrons. The zero-order valence-electron chi connectivity index (χ0n) is 17.9. The molecule has 0 unspecified atom stereocenters. The lowest BCUT2D eigenvalue weighted by atomic mass is 9.75. The average Bonchev–Trinajstić information content (AvgIpc) is 3.21. The van der Waals surface area contributed by atoms with E-state index in [4.69, 9.17) is 9.47 Å². The van der Waals surface area contributed by atoms with Crippen molar-refractivity contribution >= 4 is 5.91 Å². The van der Waals surface area contributed by atoms with Gasteiger partial charge in [-0.05, 0) is 50.0 Å². The van der Waals surface area contributed by atoms with E-state index in [1.807, 2.05) is 29.4 Å². The number of carbonyl (C=O) groups excluding carboxylic acids is 1. The smallest absolute Gasteiger partial charge is 0.274 e. The summed E-state index contributed by atoms with van der Waals surface area (Å²) in [6.45, 7) is 5.13. The SMILES string of the molecule is COCCn1ccc(C(=O)N2CC3(C[C@H](COCc4cccnc4)CCN3C)C2)n1. The van der Waals surface area contributed by atoms with Crippen LogP contribution in [0, 0.1) is 5.92 Å². The molecule has 30 heavy (non-hydrogen) atoms. The fraction of sp³-hybridized carbons (Fsp3) is 0.591. The Hall–Kier alpha value is -2.29. The monoisotopic (exact) mass is 413 g/mol. The molecule has 0 aliphatic carbocycles. The fourth-order valence-electron chi connectivity index (χ4n) is 4.50. The van der Waals surface area contributed by atoms with Crippen molar-refractivity contribution in [2.45, 2.75) is 31.5 Å². The highest BCUT2D eigenvalue weighted by molar-refractivity contribution is 5.93. The molecule has 1 amide bonds. The van der Waals surface area contributed by atoms with Gasteiger partial charge >= 0.3 is 0 Å². The minimum Gasteiger partial charge on any atom is -0.383 e. The Bertz CT molecular complexity index is 834. The van der Waals surface area contributed by atoms with Crippen molar-refractivity contribution in [2.24, 2.45) is 5.92 Å². The lowest BCUT2D eigenvalue weighted by Crippen LogP contribution is -2.72. The van der Waals surface area contributed by atoms with Crippen LogP contribution >= 0.6 is 0 Å². The first kappa shape index (κ1) is 21.0. The Morgan fingerprint density at radius 2 is 2.20 bits per heavy atom. The highest BCUT2D eigenvalue weighted by Gasteiger charge is 2.51. The van der Waals surface area contributed by atoms with Gasteiger partial charge in [0.15, 0.2) is 0 Å². The third-order valence-electron chi connectivity index (χ3n) is 6.34. The van der Waals surface area contributed by atoms with Crippen LogP contribution in [0.4, 0.5) is 0 Å². The first-order chi connectivity index (χ1) is 14.6. The van der Waals surface area contributed by atoms with E-state index in [1.165, 1.54) is 0 Å². The summed E-state index contributed by atoms with van der Waals surface area (Å²) >= 11 is 0. The van der Waals surface area contributed by atoms with Crippen LogP contribution in [0.25, 0.3) is 0 Å². The number of likely N-dealkylation sites (tertiary alicyclic amines) is 2. The lowest BCUT2D eigenvalue weighted by molar-refractivity contribution is -0.0769. The molecule has 2 aromatic rings. The van der Waals surface area contributed by atoms with E-state index in [2.05, 4.69) is 22.0 Å². The summed E-state index contributed by atoms with van der Waals surface area (Å²) in [5.74, 6) is 0.531. The van der Waals surface area contributed by atoms with E-state index in [9.17, 15) is 4.79 Å². The number of aromatic nitrogens is 3. The molecule has 2 aliphatic rings. The largest absolute Gasteiger partial charge is 0.383 e. The van der Waals surface area contributed by atoms with Crippen molar-refractivity contribution in [1.82, 2.24) is 24.6 Å². The molecular weight excluding hydrogens is 382 g/mol. The maximum atomic E-state index is 12.8. The van der Waals surface area contributed by atoms with Crippen molar-refractivity contribution in [3.05, 3.63) is 48.0 Å². The lowest BCUT2D eigenvalue weighted by Gasteiger charge is -2.58. The first-order valence-corrected chi connectivity index (χ1v) is 10.6. The van der Waals surface area contributed by atoms with Gasteiger partial charge in [-0.2, -0.15) is 5.10 Å². The summed E-state index contributed by atoms with van der Waals surface area (Å²) in [6, 6.07) is 5.77. The van der Waals surface area contributed by atoms with Gasteiger partial charge in [-0.15, -0.1) is 0 Å². The number of ether oxygens (including phenoxy) is 2. The molecule has 1 spiro atoms. The molecule has 8 heteroatoms. The normalized spacial score (nSPS) is 21.0. The predicted octanol–water partition coefficient (Wildman–Crippen LogP) is 1.68. The van der Waals surface area contributed by atoms with Crippen LogP contribution in [0.5, 0.6) is 0 Å². The molecule has 2 aliphatic heterocycles. The van der Waals surface area contributed by atoms with Gasteiger partial charge in [0.05, 0.1) is 25.3 Å². The number of amides is 1. The van der Waals surface area contributed by atoms with Crippen molar-refractivity contribution < 1.29 is 14.3 Å². The molecule has 1 atom stereocenters. The van der Waals surface area contributed by atoms with E-state index in [0.29, 0.717) is 31.4 Å². The molecule has 2 saturated heterocycles. The Morgan fingerprint density at radius 1 is 1.33 bits per heavy atom. The Labute approximate surface area is 177 Å². The molecule has 8 nitrogen and oxygen atoms in total. The number of rotatable bonds is 8. The minimum atomic E-state index is 0.0140. The van der Waals surface area contributed by atoms with E-state index in [-0.39, 0.29) is 11.4 Å². The van der Waals surface area contributed by atoms with Gasteiger partial charge in [-0.3, -0.25) is 19.4 Å². The van der Waals surface area contributed by atoms with Crippen molar-refractivity contribution in [2.75, 3.05) is 47.0 Å². The zero-order chi connectivity index (χ0) is 21.0. The number of carbonyl (C=O) groups is 1. The second kappa shape index (κ2) is 9.24. The second-order valence-electron chi connectivity index (χ2n) is 8.50. The molecule has 0 radical (unpaired) electrons. The maximum Gasteiger partial charge on any atom is 0.274 e. The highest BCUT2D eigenvalue weighted by atomic mass is 16.5. The molecule has 0 aromatic carbocycles. The summed E-state index contributed by atoms with van der Waals surface area (Å²) in [6.07, 6.45) is 7.65. The number of hydrogen-bond donors (Lipinski definition) is 0. The van der Waals surface area contributed by atoms with Crippen LogP contribution in [-0.4, -0.2) is 83.0 Å². The van der Waals surface area contributed by atoms with Crippen LogP contribution < -0.4 is 0 Å². The number of piperidine rings is 1. The number of likely N-dealkylation sites (N-methyl/N-ethyl adjacent to an activating group) is 1. The van der Waals surface area contributed by atoms with Gasteiger partial charge in [0, 0.05) is 45.4 Å². The van der Waals surface area contributed by atoms with E-state index < -0.39 is 0 Å². The van der Waals surface area contributed by atoms with Crippen LogP contribution in [-0.2, 0) is 22.6 Å². The van der Waals surface area contributed by atoms with Crippen LogP contribution in [0.2, 0.25) is 0 Å². The summed E-state index contributed by atoms with van der Waals surface area (Å²) in [4.78, 5) is 21.3. The quantitative estimate of drug-likeness (QED) is 0.656. The van der Waals surface area contributed by atoms with Gasteiger partial charge in [0.25, 0.3) is 5.91 Å². The zero-order valence-corrected chi connectivity index (χ0v) is 17.9. The summed E-state index contributed by atoms with van der Waals surface area (Å²) in [5.41, 5.74) is 1.68. The molecule has 2 fully saturated rings. The molecule has 0 saturated carbocycles. The van der Waals surface area contributed by atoms with Crippen molar-refractivity contribution in [1.29, 1.82) is 0 Å². The fourth-order valence-corrected chi connectivity index (χ4v) is 4.50. The maximum absolute atomic E-state index is 12.8. The number of methoxy groups -OCH3 is 1. The number of pyridine rings is 1. The third kappa shape index (κ3) is 4.55. The summed E-state index contributed by atoms with van der Waals surface area (Å²) < 4.78 is 12.8. The molecule has 0 N–H and O–H groups in total. The Kier molecular flexibility index (Phi) is 6.46. The van der Waals surface area contributed by atoms with Gasteiger partial charge < -0.3 is 14.4 Å². The Balaban J connectivity index is 1.28. The van der Waals surface area contributed by atoms with E-state index >= 15 is 0 Å². The predicted molar refractivity (Wildman–Crippen MR) is 112 cm³/mol. The van der Waals surface area contributed by atoms with Crippen molar-refractivity contribution in [3.63, 3.8) is 0 Å². The first-order valence-electron chi connectivity index (χ1n) is 10.6. The van der Waals surface area contributed by atoms with E-state index in [0.717, 1.165) is 44.6 Å². The Morgan fingerprint density at radius 3 is 2.97 bits per heavy atom. The van der Waals surface area contributed by atoms with Crippen LogP contribution in [0.15, 0.2) is 36.8 Å². The topological polar surface area (TPSA) is 72.7 Å². The second-order valence-corrected chi connectivity index (χ2v) is 8.50. The molecule has 0 bridgehead atoms. The van der Waals surface area contributed by atoms with Gasteiger partial charge in [0.1, 0.15) is 5.69 Å². The minimum absolute atomic E-state index is 0.0140. The molecule has 2 aromatic heterocycles. The number of hydrogen-bond acceptors (Lipinski definition) is 6. The highest BCUT2D eigenvalue weighted by Crippen LogP contribution is 2.38. The molecule has 4 rings (SSSR count). The van der Waals surface area contributed by atoms with Crippen LogP contribution in [0.1, 0.15) is 28.9 Å². The average molecular weight is 414 g/mol. The number of nitrogens with zero attached hydrogens (tertiary/aromatic N) is 5. The third-order valence-corrected chi connectivity index (χ3v) is 6.34.